The first-order chi connectivity index (χ1) is 6.04. The molecule has 0 spiro atoms. The molecule has 1 amide bonds. The van der Waals surface area contributed by atoms with Gasteiger partial charge in [-0.2, -0.15) is 0 Å². The SMILES string of the molecule is CC(=O)NCCCC[C@H](C)C(=O)O. The third-order valence-corrected chi connectivity index (χ3v) is 1.86. The van der Waals surface area contributed by atoms with Gasteiger partial charge in [0.05, 0.1) is 5.92 Å². The molecule has 0 aliphatic heterocycles. The summed E-state index contributed by atoms with van der Waals surface area (Å²) in [6.45, 7) is 3.81. The van der Waals surface area contributed by atoms with Crippen LogP contribution in [0.15, 0.2) is 0 Å². The number of carbonyl (C=O) groups is 2. The maximum absolute atomic E-state index is 10.4. The Morgan fingerprint density at radius 3 is 2.46 bits per heavy atom. The van der Waals surface area contributed by atoms with Gasteiger partial charge in [0.2, 0.25) is 5.91 Å². The van der Waals surface area contributed by atoms with Crippen LogP contribution in [-0.4, -0.2) is 23.5 Å². The molecule has 0 aliphatic carbocycles. The van der Waals surface area contributed by atoms with Crippen molar-refractivity contribution in [3.63, 3.8) is 0 Å². The van der Waals surface area contributed by atoms with Crippen molar-refractivity contribution in [3.8, 4) is 0 Å². The van der Waals surface area contributed by atoms with Crippen molar-refractivity contribution in [2.45, 2.75) is 33.1 Å². The van der Waals surface area contributed by atoms with Crippen LogP contribution in [0, 0.1) is 5.92 Å². The Hall–Kier alpha value is -1.06. The molecule has 0 heterocycles. The fraction of sp³-hybridized carbons (Fsp3) is 0.778. The number of carboxylic acids is 1. The van der Waals surface area contributed by atoms with E-state index in [1.807, 2.05) is 0 Å². The number of amides is 1. The third-order valence-electron chi connectivity index (χ3n) is 1.86. The summed E-state index contributed by atoms with van der Waals surface area (Å²) < 4.78 is 0. The van der Waals surface area contributed by atoms with Gasteiger partial charge in [-0.3, -0.25) is 9.59 Å². The highest BCUT2D eigenvalue weighted by Gasteiger charge is 2.09. The Morgan fingerprint density at radius 1 is 1.38 bits per heavy atom. The van der Waals surface area contributed by atoms with Crippen molar-refractivity contribution in [1.82, 2.24) is 5.32 Å². The molecule has 0 aromatic carbocycles. The van der Waals surface area contributed by atoms with Crippen molar-refractivity contribution in [2.75, 3.05) is 6.54 Å². The van der Waals surface area contributed by atoms with Crippen LogP contribution in [0.2, 0.25) is 0 Å². The summed E-state index contributed by atoms with van der Waals surface area (Å²) in [4.78, 5) is 20.8. The van der Waals surface area contributed by atoms with Crippen molar-refractivity contribution >= 4 is 11.9 Å². The molecule has 0 saturated carbocycles. The van der Waals surface area contributed by atoms with Crippen LogP contribution in [0.5, 0.6) is 0 Å². The molecule has 0 aromatic heterocycles. The van der Waals surface area contributed by atoms with Crippen LogP contribution in [0.25, 0.3) is 0 Å². The van der Waals surface area contributed by atoms with Crippen LogP contribution in [0.4, 0.5) is 0 Å². The number of nitrogens with one attached hydrogen (secondary N) is 1. The number of hydrogen-bond acceptors (Lipinski definition) is 2. The zero-order valence-electron chi connectivity index (χ0n) is 8.17. The average molecular weight is 187 g/mol. The smallest absolute Gasteiger partial charge is 0.306 e. The minimum atomic E-state index is -0.750. The average Bonchev–Trinajstić information content (AvgIpc) is 2.02. The number of rotatable bonds is 6. The first-order valence-electron chi connectivity index (χ1n) is 4.51. The highest BCUT2D eigenvalue weighted by Crippen LogP contribution is 2.06. The van der Waals surface area contributed by atoms with Crippen LogP contribution in [0.3, 0.4) is 0 Å². The molecule has 2 N–H and O–H groups in total. The third kappa shape index (κ3) is 7.31. The van der Waals surface area contributed by atoms with E-state index in [1.165, 1.54) is 6.92 Å². The van der Waals surface area contributed by atoms with E-state index in [9.17, 15) is 9.59 Å². The van der Waals surface area contributed by atoms with Gasteiger partial charge in [0.1, 0.15) is 0 Å². The minimum Gasteiger partial charge on any atom is -0.481 e. The van der Waals surface area contributed by atoms with E-state index in [0.717, 1.165) is 12.8 Å². The monoisotopic (exact) mass is 187 g/mol. The van der Waals surface area contributed by atoms with E-state index in [2.05, 4.69) is 5.32 Å². The molecule has 4 heteroatoms. The van der Waals surface area contributed by atoms with E-state index >= 15 is 0 Å². The summed E-state index contributed by atoms with van der Waals surface area (Å²) in [6, 6.07) is 0. The largest absolute Gasteiger partial charge is 0.481 e. The summed E-state index contributed by atoms with van der Waals surface area (Å²) in [7, 11) is 0. The van der Waals surface area contributed by atoms with E-state index in [-0.39, 0.29) is 11.8 Å². The lowest BCUT2D eigenvalue weighted by atomic mass is 10.0. The van der Waals surface area contributed by atoms with E-state index in [0.29, 0.717) is 13.0 Å². The molecule has 1 atom stereocenters. The highest BCUT2D eigenvalue weighted by atomic mass is 16.4. The molecular weight excluding hydrogens is 170 g/mol. The predicted octanol–water partition coefficient (Wildman–Crippen LogP) is 1.01. The van der Waals surface area contributed by atoms with Crippen LogP contribution < -0.4 is 5.32 Å². The molecule has 13 heavy (non-hydrogen) atoms. The molecule has 0 fully saturated rings. The van der Waals surface area contributed by atoms with Gasteiger partial charge in [0.15, 0.2) is 0 Å². The Morgan fingerprint density at radius 2 is 2.00 bits per heavy atom. The van der Waals surface area contributed by atoms with Crippen molar-refractivity contribution in [1.29, 1.82) is 0 Å². The molecule has 0 bridgehead atoms. The van der Waals surface area contributed by atoms with Gasteiger partial charge in [-0.1, -0.05) is 13.3 Å². The molecule has 76 valence electrons. The van der Waals surface area contributed by atoms with Crippen LogP contribution >= 0.6 is 0 Å². The summed E-state index contributed by atoms with van der Waals surface area (Å²) in [5.74, 6) is -1.07. The molecule has 0 radical (unpaired) electrons. The van der Waals surface area contributed by atoms with E-state index in [1.54, 1.807) is 6.92 Å². The number of carbonyl (C=O) groups excluding carboxylic acids is 1. The highest BCUT2D eigenvalue weighted by molar-refractivity contribution is 5.72. The molecule has 0 unspecified atom stereocenters. The lowest BCUT2D eigenvalue weighted by molar-refractivity contribution is -0.141. The summed E-state index contributed by atoms with van der Waals surface area (Å²) in [5, 5.41) is 11.2. The van der Waals surface area contributed by atoms with Gasteiger partial charge in [0.25, 0.3) is 0 Å². The van der Waals surface area contributed by atoms with Crippen LogP contribution in [-0.2, 0) is 9.59 Å². The lowest BCUT2D eigenvalue weighted by Gasteiger charge is -2.05. The summed E-state index contributed by atoms with van der Waals surface area (Å²) in [6.07, 6.45) is 2.36. The van der Waals surface area contributed by atoms with E-state index < -0.39 is 5.97 Å². The number of unbranched alkanes of at least 4 members (excludes halogenated alkanes) is 1. The second kappa shape index (κ2) is 6.46. The Balaban J connectivity index is 3.26. The lowest BCUT2D eigenvalue weighted by Crippen LogP contribution is -2.21. The fourth-order valence-electron chi connectivity index (χ4n) is 0.963. The van der Waals surface area contributed by atoms with Gasteiger partial charge in [-0.15, -0.1) is 0 Å². The minimum absolute atomic E-state index is 0.0358. The fourth-order valence-corrected chi connectivity index (χ4v) is 0.963. The maximum atomic E-state index is 10.4. The Bertz CT molecular complexity index is 180. The van der Waals surface area contributed by atoms with Crippen LogP contribution in [0.1, 0.15) is 33.1 Å². The molecule has 0 aromatic rings. The zero-order valence-corrected chi connectivity index (χ0v) is 8.17. The van der Waals surface area contributed by atoms with Crippen molar-refractivity contribution < 1.29 is 14.7 Å². The standard InChI is InChI=1S/C9H17NO3/c1-7(9(12)13)5-3-4-6-10-8(2)11/h7H,3-6H2,1-2H3,(H,10,11)(H,12,13)/t7-/m0/s1. The van der Waals surface area contributed by atoms with Gasteiger partial charge in [0, 0.05) is 13.5 Å². The molecular formula is C9H17NO3. The van der Waals surface area contributed by atoms with Crippen molar-refractivity contribution in [2.24, 2.45) is 5.92 Å². The number of aliphatic carboxylic acids is 1. The maximum Gasteiger partial charge on any atom is 0.306 e. The normalized spacial score (nSPS) is 12.2. The topological polar surface area (TPSA) is 66.4 Å². The van der Waals surface area contributed by atoms with Gasteiger partial charge in [-0.25, -0.2) is 0 Å². The van der Waals surface area contributed by atoms with Gasteiger partial charge in [-0.05, 0) is 12.8 Å². The number of hydrogen-bond donors (Lipinski definition) is 2. The van der Waals surface area contributed by atoms with E-state index in [4.69, 9.17) is 5.11 Å². The zero-order chi connectivity index (χ0) is 10.3. The summed E-state index contributed by atoms with van der Waals surface area (Å²) in [5.41, 5.74) is 0. The Kier molecular flexibility index (Phi) is 5.93. The second-order valence-corrected chi connectivity index (χ2v) is 3.22. The number of carboxylic acid groups (broad SMARTS) is 1. The molecule has 0 saturated heterocycles. The molecule has 0 aliphatic rings. The van der Waals surface area contributed by atoms with Crippen molar-refractivity contribution in [3.05, 3.63) is 0 Å². The first-order valence-corrected chi connectivity index (χ1v) is 4.51. The summed E-state index contributed by atoms with van der Waals surface area (Å²) >= 11 is 0. The molecule has 4 nitrogen and oxygen atoms in total. The second-order valence-electron chi connectivity index (χ2n) is 3.22. The first kappa shape index (κ1) is 11.9. The van der Waals surface area contributed by atoms with Gasteiger partial charge < -0.3 is 10.4 Å². The quantitative estimate of drug-likeness (QED) is 0.610. The van der Waals surface area contributed by atoms with Gasteiger partial charge >= 0.3 is 5.97 Å². The predicted molar refractivity (Wildman–Crippen MR) is 49.3 cm³/mol. The Labute approximate surface area is 78.3 Å². The molecule has 0 rings (SSSR count).